The first-order chi connectivity index (χ1) is 9.48. The van der Waals surface area contributed by atoms with Crippen molar-refractivity contribution in [1.82, 2.24) is 13.9 Å². The van der Waals surface area contributed by atoms with Crippen LogP contribution in [0.2, 0.25) is 0 Å². The van der Waals surface area contributed by atoms with Crippen LogP contribution in [0.1, 0.15) is 32.0 Å². The number of nitrogens with zero attached hydrogens (tertiary/aromatic N) is 3. The van der Waals surface area contributed by atoms with E-state index in [-0.39, 0.29) is 17.6 Å². The van der Waals surface area contributed by atoms with Crippen molar-refractivity contribution >= 4 is 10.0 Å². The highest BCUT2D eigenvalue weighted by Crippen LogP contribution is 2.23. The van der Waals surface area contributed by atoms with E-state index in [9.17, 15) is 8.42 Å². The van der Waals surface area contributed by atoms with Gasteiger partial charge in [-0.15, -0.1) is 0 Å². The van der Waals surface area contributed by atoms with Crippen molar-refractivity contribution in [3.63, 3.8) is 0 Å². The van der Waals surface area contributed by atoms with E-state index in [1.54, 1.807) is 6.20 Å². The minimum Gasteiger partial charge on any atom is -0.396 e. The first kappa shape index (κ1) is 15.5. The zero-order valence-corrected chi connectivity index (χ0v) is 12.9. The Morgan fingerprint density at radius 1 is 1.40 bits per heavy atom. The fourth-order valence-electron chi connectivity index (χ4n) is 2.54. The lowest BCUT2D eigenvalue weighted by atomic mass is 10.00. The molecule has 1 saturated heterocycles. The van der Waals surface area contributed by atoms with E-state index in [0.717, 1.165) is 18.8 Å². The monoisotopic (exact) mass is 301 g/mol. The van der Waals surface area contributed by atoms with Crippen molar-refractivity contribution in [2.75, 3.05) is 19.7 Å². The SMILES string of the molecule is CCCn1cc(S(=O)(=O)N2CCC(CO)CC2)nc1C. The zero-order chi connectivity index (χ0) is 14.8. The zero-order valence-electron chi connectivity index (χ0n) is 12.1. The summed E-state index contributed by atoms with van der Waals surface area (Å²) >= 11 is 0. The van der Waals surface area contributed by atoms with Crippen LogP contribution in [0.5, 0.6) is 0 Å². The van der Waals surface area contributed by atoms with Gasteiger partial charge in [0.2, 0.25) is 0 Å². The molecule has 7 heteroatoms. The van der Waals surface area contributed by atoms with Gasteiger partial charge in [0, 0.05) is 32.4 Å². The molecule has 1 aliphatic heterocycles. The van der Waals surface area contributed by atoms with Gasteiger partial charge in [0.15, 0.2) is 5.03 Å². The van der Waals surface area contributed by atoms with Crippen molar-refractivity contribution in [3.05, 3.63) is 12.0 Å². The summed E-state index contributed by atoms with van der Waals surface area (Å²) in [4.78, 5) is 4.20. The van der Waals surface area contributed by atoms with Crippen molar-refractivity contribution in [2.24, 2.45) is 5.92 Å². The Balaban J connectivity index is 2.16. The van der Waals surface area contributed by atoms with Crippen molar-refractivity contribution in [1.29, 1.82) is 0 Å². The van der Waals surface area contributed by atoms with Gasteiger partial charge in [-0.2, -0.15) is 4.31 Å². The predicted molar refractivity (Wildman–Crippen MR) is 75.8 cm³/mol. The highest BCUT2D eigenvalue weighted by Gasteiger charge is 2.31. The Kier molecular flexibility index (Phi) is 4.82. The Labute approximate surface area is 120 Å². The molecule has 2 rings (SSSR count). The van der Waals surface area contributed by atoms with Crippen LogP contribution in [-0.2, 0) is 16.6 Å². The smallest absolute Gasteiger partial charge is 0.262 e. The molecule has 2 heterocycles. The van der Waals surface area contributed by atoms with E-state index in [0.29, 0.717) is 25.9 Å². The molecule has 114 valence electrons. The third-order valence-corrected chi connectivity index (χ3v) is 5.62. The van der Waals surface area contributed by atoms with Gasteiger partial charge in [-0.25, -0.2) is 13.4 Å². The molecule has 0 unspecified atom stereocenters. The molecule has 0 amide bonds. The normalized spacial score (nSPS) is 18.6. The molecule has 6 nitrogen and oxygen atoms in total. The fraction of sp³-hybridized carbons (Fsp3) is 0.769. The van der Waals surface area contributed by atoms with E-state index in [4.69, 9.17) is 5.11 Å². The van der Waals surface area contributed by atoms with Crippen LogP contribution in [-0.4, -0.2) is 47.1 Å². The molecular formula is C13H23N3O3S. The first-order valence-corrected chi connectivity index (χ1v) is 8.57. The Morgan fingerprint density at radius 3 is 2.60 bits per heavy atom. The van der Waals surface area contributed by atoms with Crippen LogP contribution in [0.15, 0.2) is 11.2 Å². The van der Waals surface area contributed by atoms with Gasteiger partial charge in [0.1, 0.15) is 5.82 Å². The summed E-state index contributed by atoms with van der Waals surface area (Å²) < 4.78 is 28.4. The average Bonchev–Trinajstić information content (AvgIpc) is 2.81. The lowest BCUT2D eigenvalue weighted by molar-refractivity contribution is 0.170. The third-order valence-electron chi connectivity index (χ3n) is 3.85. The number of sulfonamides is 1. The van der Waals surface area contributed by atoms with Crippen LogP contribution in [0.4, 0.5) is 0 Å². The highest BCUT2D eigenvalue weighted by atomic mass is 32.2. The molecule has 0 aromatic carbocycles. The molecular weight excluding hydrogens is 278 g/mol. The second-order valence-corrected chi connectivity index (χ2v) is 7.23. The lowest BCUT2D eigenvalue weighted by Crippen LogP contribution is -2.39. The standard InChI is InChI=1S/C13H23N3O3S/c1-3-6-15-9-13(14-11(15)2)20(18,19)16-7-4-12(10-17)5-8-16/h9,12,17H,3-8,10H2,1-2H3. The summed E-state index contributed by atoms with van der Waals surface area (Å²) in [6, 6.07) is 0. The second kappa shape index (κ2) is 6.24. The molecule has 0 bridgehead atoms. The molecule has 1 aromatic rings. The second-order valence-electron chi connectivity index (χ2n) is 5.35. The van der Waals surface area contributed by atoms with Gasteiger partial charge in [-0.3, -0.25) is 0 Å². The first-order valence-electron chi connectivity index (χ1n) is 7.13. The van der Waals surface area contributed by atoms with Crippen LogP contribution < -0.4 is 0 Å². The molecule has 1 N–H and O–H groups in total. The van der Waals surface area contributed by atoms with E-state index in [1.807, 2.05) is 18.4 Å². The number of hydrogen-bond donors (Lipinski definition) is 1. The lowest BCUT2D eigenvalue weighted by Gasteiger charge is -2.29. The average molecular weight is 301 g/mol. The minimum atomic E-state index is -3.49. The number of hydrogen-bond acceptors (Lipinski definition) is 4. The van der Waals surface area contributed by atoms with E-state index in [1.165, 1.54) is 4.31 Å². The van der Waals surface area contributed by atoms with Crippen LogP contribution in [0.25, 0.3) is 0 Å². The molecule has 0 radical (unpaired) electrons. The van der Waals surface area contributed by atoms with Crippen molar-refractivity contribution in [2.45, 2.75) is 44.7 Å². The molecule has 1 aromatic heterocycles. The molecule has 1 fully saturated rings. The van der Waals surface area contributed by atoms with Gasteiger partial charge in [-0.1, -0.05) is 6.92 Å². The van der Waals surface area contributed by atoms with Crippen molar-refractivity contribution in [3.8, 4) is 0 Å². The summed E-state index contributed by atoms with van der Waals surface area (Å²) in [5, 5.41) is 9.26. The quantitative estimate of drug-likeness (QED) is 0.880. The Bertz CT molecular complexity index is 545. The summed E-state index contributed by atoms with van der Waals surface area (Å²) in [5.74, 6) is 0.955. The van der Waals surface area contributed by atoms with Gasteiger partial charge >= 0.3 is 0 Å². The summed E-state index contributed by atoms with van der Waals surface area (Å²) in [6.45, 7) is 5.72. The Morgan fingerprint density at radius 2 is 2.05 bits per heavy atom. The number of piperidine rings is 1. The van der Waals surface area contributed by atoms with Crippen LogP contribution in [0.3, 0.4) is 0 Å². The van der Waals surface area contributed by atoms with E-state index in [2.05, 4.69) is 4.98 Å². The van der Waals surface area contributed by atoms with Gasteiger partial charge in [-0.05, 0) is 32.1 Å². The summed E-state index contributed by atoms with van der Waals surface area (Å²) in [7, 11) is -3.49. The molecule has 0 atom stereocenters. The molecule has 0 saturated carbocycles. The van der Waals surface area contributed by atoms with Crippen LogP contribution in [0, 0.1) is 12.8 Å². The van der Waals surface area contributed by atoms with Crippen molar-refractivity contribution < 1.29 is 13.5 Å². The Hall–Kier alpha value is -0.920. The number of aromatic nitrogens is 2. The number of aliphatic hydroxyl groups excluding tert-OH is 1. The molecule has 20 heavy (non-hydrogen) atoms. The molecule has 1 aliphatic rings. The third kappa shape index (κ3) is 3.05. The van der Waals surface area contributed by atoms with Gasteiger partial charge < -0.3 is 9.67 Å². The minimum absolute atomic E-state index is 0.137. The number of aryl methyl sites for hydroxylation is 2. The van der Waals surface area contributed by atoms with Gasteiger partial charge in [0.25, 0.3) is 10.0 Å². The topological polar surface area (TPSA) is 75.4 Å². The van der Waals surface area contributed by atoms with Gasteiger partial charge in [0.05, 0.1) is 0 Å². The van der Waals surface area contributed by atoms with E-state index >= 15 is 0 Å². The number of aliphatic hydroxyl groups is 1. The largest absolute Gasteiger partial charge is 0.396 e. The summed E-state index contributed by atoms with van der Waals surface area (Å²) in [5.41, 5.74) is 0. The van der Waals surface area contributed by atoms with Crippen LogP contribution >= 0.6 is 0 Å². The highest BCUT2D eigenvalue weighted by molar-refractivity contribution is 7.89. The predicted octanol–water partition coefficient (Wildman–Crippen LogP) is 0.995. The number of imidazole rings is 1. The summed E-state index contributed by atoms with van der Waals surface area (Å²) in [6.07, 6.45) is 4.00. The maximum atomic E-state index is 12.5. The molecule has 0 spiro atoms. The maximum Gasteiger partial charge on any atom is 0.262 e. The van der Waals surface area contributed by atoms with E-state index < -0.39 is 10.0 Å². The number of rotatable bonds is 5. The fourth-order valence-corrected chi connectivity index (χ4v) is 4.00. The maximum absolute atomic E-state index is 12.5. The molecule has 0 aliphatic carbocycles.